The molecule has 1 aromatic heterocycles. The Labute approximate surface area is 190 Å². The number of pyridine rings is 1. The van der Waals surface area contributed by atoms with Gasteiger partial charge in [0.05, 0.1) is 6.61 Å². The van der Waals surface area contributed by atoms with Gasteiger partial charge in [0.2, 0.25) is 0 Å². The van der Waals surface area contributed by atoms with Gasteiger partial charge in [-0.15, -0.1) is 0 Å². The lowest BCUT2D eigenvalue weighted by Gasteiger charge is -2.23. The number of hydrogen-bond donors (Lipinski definition) is 2. The van der Waals surface area contributed by atoms with E-state index in [1.165, 1.54) is 4.90 Å². The molecule has 0 bridgehead atoms. The van der Waals surface area contributed by atoms with Crippen molar-refractivity contribution >= 4 is 17.8 Å². The number of hydrogen-bond acceptors (Lipinski definition) is 4. The standard InChI is InChI=1S/C25H35N3O4/c1-4-6-7-10-20(18-27-25(31)28(3)23-11-8-9-16-26-23)21-14-12-19(13-15-24(29)30)17-22(21)32-5-2/h8-9,11-12,14,16-17,20H,4-7,10,13,15,18H2,1-3H3,(H,27,31)(H,29,30). The molecule has 0 aliphatic carbocycles. The SMILES string of the molecule is CCCCCC(CNC(=O)N(C)c1ccccn1)c1ccc(CCC(=O)O)cc1OCC. The van der Waals surface area contributed by atoms with Crippen LogP contribution in [0.4, 0.5) is 10.6 Å². The van der Waals surface area contributed by atoms with Gasteiger partial charge >= 0.3 is 12.0 Å². The van der Waals surface area contributed by atoms with E-state index in [-0.39, 0.29) is 18.4 Å². The van der Waals surface area contributed by atoms with Gasteiger partial charge in [-0.2, -0.15) is 0 Å². The van der Waals surface area contributed by atoms with Crippen molar-refractivity contribution < 1.29 is 19.4 Å². The van der Waals surface area contributed by atoms with Crippen molar-refractivity contribution in [2.45, 2.75) is 58.3 Å². The number of carboxylic acid groups (broad SMARTS) is 1. The number of unbranched alkanes of at least 4 members (excludes halogenated alkanes) is 2. The molecule has 0 aliphatic heterocycles. The molecule has 1 heterocycles. The molecule has 0 radical (unpaired) electrons. The lowest BCUT2D eigenvalue weighted by Crippen LogP contribution is -2.39. The van der Waals surface area contributed by atoms with Crippen LogP contribution in [0, 0.1) is 0 Å². The van der Waals surface area contributed by atoms with Crippen molar-refractivity contribution in [2.75, 3.05) is 25.1 Å². The number of nitrogens with one attached hydrogen (secondary N) is 1. The topological polar surface area (TPSA) is 91.8 Å². The van der Waals surface area contributed by atoms with Gasteiger partial charge in [-0.05, 0) is 49.1 Å². The average Bonchev–Trinajstić information content (AvgIpc) is 2.80. The van der Waals surface area contributed by atoms with Gasteiger partial charge in [0.1, 0.15) is 11.6 Å². The monoisotopic (exact) mass is 441 g/mol. The van der Waals surface area contributed by atoms with Crippen LogP contribution in [0.5, 0.6) is 5.75 Å². The predicted molar refractivity (Wildman–Crippen MR) is 126 cm³/mol. The molecular weight excluding hydrogens is 406 g/mol. The van der Waals surface area contributed by atoms with E-state index in [1.807, 2.05) is 37.3 Å². The lowest BCUT2D eigenvalue weighted by atomic mass is 9.91. The van der Waals surface area contributed by atoms with Crippen molar-refractivity contribution in [3.63, 3.8) is 0 Å². The van der Waals surface area contributed by atoms with Crippen molar-refractivity contribution in [3.8, 4) is 5.75 Å². The van der Waals surface area contributed by atoms with Crippen molar-refractivity contribution in [1.29, 1.82) is 0 Å². The van der Waals surface area contributed by atoms with Gasteiger partial charge in [0.25, 0.3) is 0 Å². The number of aryl methyl sites for hydroxylation is 1. The van der Waals surface area contributed by atoms with Crippen LogP contribution in [0.2, 0.25) is 0 Å². The van der Waals surface area contributed by atoms with Crippen LogP contribution in [-0.2, 0) is 11.2 Å². The molecule has 7 nitrogen and oxygen atoms in total. The highest BCUT2D eigenvalue weighted by Gasteiger charge is 2.20. The summed E-state index contributed by atoms with van der Waals surface area (Å²) in [6, 6.07) is 11.2. The second-order valence-corrected chi connectivity index (χ2v) is 7.82. The Morgan fingerprint density at radius 2 is 2.00 bits per heavy atom. The second-order valence-electron chi connectivity index (χ2n) is 7.82. The first kappa shape index (κ1) is 25.2. The fourth-order valence-corrected chi connectivity index (χ4v) is 3.60. The smallest absolute Gasteiger partial charge is 0.322 e. The van der Waals surface area contributed by atoms with Gasteiger partial charge in [-0.25, -0.2) is 9.78 Å². The molecule has 2 rings (SSSR count). The third-order valence-electron chi connectivity index (χ3n) is 5.40. The zero-order chi connectivity index (χ0) is 23.3. The maximum absolute atomic E-state index is 12.7. The van der Waals surface area contributed by atoms with E-state index in [1.54, 1.807) is 19.3 Å². The lowest BCUT2D eigenvalue weighted by molar-refractivity contribution is -0.136. The predicted octanol–water partition coefficient (Wildman–Crippen LogP) is 5.01. The molecular formula is C25H35N3O4. The van der Waals surface area contributed by atoms with Crippen LogP contribution in [0.1, 0.15) is 63.0 Å². The summed E-state index contributed by atoms with van der Waals surface area (Å²) in [5.41, 5.74) is 1.98. The van der Waals surface area contributed by atoms with E-state index in [0.29, 0.717) is 25.4 Å². The first-order valence-electron chi connectivity index (χ1n) is 11.4. The van der Waals surface area contributed by atoms with Gasteiger partial charge in [-0.1, -0.05) is 44.4 Å². The van der Waals surface area contributed by atoms with Crippen LogP contribution in [-0.4, -0.2) is 42.3 Å². The molecule has 1 aromatic carbocycles. The molecule has 2 aromatic rings. The summed E-state index contributed by atoms with van der Waals surface area (Å²) < 4.78 is 5.91. The van der Waals surface area contributed by atoms with Crippen LogP contribution < -0.4 is 15.0 Å². The highest BCUT2D eigenvalue weighted by molar-refractivity contribution is 5.90. The highest BCUT2D eigenvalue weighted by atomic mass is 16.5. The van der Waals surface area contributed by atoms with Crippen LogP contribution in [0.15, 0.2) is 42.6 Å². The molecule has 2 N–H and O–H groups in total. The van der Waals surface area contributed by atoms with E-state index in [2.05, 4.69) is 17.2 Å². The molecule has 2 amide bonds. The zero-order valence-electron chi connectivity index (χ0n) is 19.3. The molecule has 0 saturated heterocycles. The average molecular weight is 442 g/mol. The fraction of sp³-hybridized carbons (Fsp3) is 0.480. The fourth-order valence-electron chi connectivity index (χ4n) is 3.60. The summed E-state index contributed by atoms with van der Waals surface area (Å²) in [7, 11) is 1.70. The number of benzene rings is 1. The number of rotatable bonds is 13. The van der Waals surface area contributed by atoms with Crippen LogP contribution in [0.3, 0.4) is 0 Å². The van der Waals surface area contributed by atoms with E-state index >= 15 is 0 Å². The van der Waals surface area contributed by atoms with Crippen molar-refractivity contribution in [3.05, 3.63) is 53.7 Å². The Kier molecular flexibility index (Phi) is 10.5. The number of amides is 2. The van der Waals surface area contributed by atoms with E-state index in [4.69, 9.17) is 9.84 Å². The highest BCUT2D eigenvalue weighted by Crippen LogP contribution is 2.32. The third kappa shape index (κ3) is 7.87. The van der Waals surface area contributed by atoms with Gasteiger partial charge in [0, 0.05) is 32.1 Å². The Morgan fingerprint density at radius 1 is 1.19 bits per heavy atom. The van der Waals surface area contributed by atoms with Gasteiger partial charge < -0.3 is 15.2 Å². The zero-order valence-corrected chi connectivity index (χ0v) is 19.3. The molecule has 0 aliphatic rings. The van der Waals surface area contributed by atoms with E-state index in [0.717, 1.165) is 42.6 Å². The molecule has 0 spiro atoms. The number of ether oxygens (including phenoxy) is 1. The number of carbonyl (C=O) groups is 2. The van der Waals surface area contributed by atoms with Crippen molar-refractivity contribution in [1.82, 2.24) is 10.3 Å². The molecule has 0 saturated carbocycles. The van der Waals surface area contributed by atoms with E-state index in [9.17, 15) is 9.59 Å². The number of anilines is 1. The van der Waals surface area contributed by atoms with E-state index < -0.39 is 5.97 Å². The third-order valence-corrected chi connectivity index (χ3v) is 5.40. The number of carboxylic acids is 1. The molecule has 0 fully saturated rings. The number of carbonyl (C=O) groups excluding carboxylic acids is 1. The molecule has 174 valence electrons. The summed E-state index contributed by atoms with van der Waals surface area (Å²) in [5, 5.41) is 12.0. The minimum Gasteiger partial charge on any atom is -0.494 e. The summed E-state index contributed by atoms with van der Waals surface area (Å²) in [5.74, 6) is 0.636. The number of urea groups is 1. The molecule has 1 unspecified atom stereocenters. The number of aromatic nitrogens is 1. The molecule has 32 heavy (non-hydrogen) atoms. The summed E-state index contributed by atoms with van der Waals surface area (Å²) in [4.78, 5) is 29.4. The molecule has 7 heteroatoms. The number of aliphatic carboxylic acids is 1. The maximum atomic E-state index is 12.7. The Hall–Kier alpha value is -3.09. The Morgan fingerprint density at radius 3 is 2.66 bits per heavy atom. The Balaban J connectivity index is 2.17. The minimum absolute atomic E-state index is 0.0841. The van der Waals surface area contributed by atoms with Crippen LogP contribution in [0.25, 0.3) is 0 Å². The summed E-state index contributed by atoms with van der Waals surface area (Å²) in [6.07, 6.45) is 6.43. The normalized spacial score (nSPS) is 11.6. The second kappa shape index (κ2) is 13.3. The minimum atomic E-state index is -0.816. The van der Waals surface area contributed by atoms with Crippen molar-refractivity contribution in [2.24, 2.45) is 0 Å². The first-order valence-corrected chi connectivity index (χ1v) is 11.4. The Bertz CT molecular complexity index is 858. The summed E-state index contributed by atoms with van der Waals surface area (Å²) >= 11 is 0. The summed E-state index contributed by atoms with van der Waals surface area (Å²) in [6.45, 7) is 5.10. The maximum Gasteiger partial charge on any atom is 0.322 e. The van der Waals surface area contributed by atoms with Gasteiger partial charge in [0.15, 0.2) is 0 Å². The van der Waals surface area contributed by atoms with Crippen LogP contribution >= 0.6 is 0 Å². The van der Waals surface area contributed by atoms with Gasteiger partial charge in [-0.3, -0.25) is 9.69 Å². The molecule has 1 atom stereocenters. The first-order chi connectivity index (χ1) is 15.5. The number of nitrogens with zero attached hydrogens (tertiary/aromatic N) is 2. The quantitative estimate of drug-likeness (QED) is 0.427. The largest absolute Gasteiger partial charge is 0.494 e.